The average Bonchev–Trinajstić information content (AvgIpc) is 3.22. The van der Waals surface area contributed by atoms with Crippen molar-refractivity contribution in [2.45, 2.75) is 32.3 Å². The van der Waals surface area contributed by atoms with Gasteiger partial charge in [-0.1, -0.05) is 0 Å². The quantitative estimate of drug-likeness (QED) is 0.834. The molecule has 0 spiro atoms. The van der Waals surface area contributed by atoms with Gasteiger partial charge in [0.15, 0.2) is 6.10 Å². The van der Waals surface area contributed by atoms with Gasteiger partial charge in [-0.3, -0.25) is 0 Å². The zero-order valence-electron chi connectivity index (χ0n) is 12.9. The smallest absolute Gasteiger partial charge is 0.246 e. The molecule has 1 fully saturated rings. The molecule has 3 heterocycles. The number of anilines is 1. The van der Waals surface area contributed by atoms with E-state index in [0.29, 0.717) is 37.0 Å². The largest absolute Gasteiger partial charge is 0.423 e. The Labute approximate surface area is 133 Å². The van der Waals surface area contributed by atoms with E-state index in [4.69, 9.17) is 14.1 Å². The van der Waals surface area contributed by atoms with Crippen molar-refractivity contribution < 1.29 is 9.15 Å². The van der Waals surface area contributed by atoms with Crippen LogP contribution in [0.15, 0.2) is 10.5 Å². The number of pyridine rings is 1. The van der Waals surface area contributed by atoms with Gasteiger partial charge in [0.2, 0.25) is 11.8 Å². The highest BCUT2D eigenvalue weighted by Crippen LogP contribution is 2.30. The lowest BCUT2D eigenvalue weighted by molar-refractivity contribution is 0.0214. The van der Waals surface area contributed by atoms with Gasteiger partial charge in [0.1, 0.15) is 11.9 Å². The van der Waals surface area contributed by atoms with Gasteiger partial charge >= 0.3 is 0 Å². The van der Waals surface area contributed by atoms with Crippen molar-refractivity contribution in [3.63, 3.8) is 0 Å². The zero-order chi connectivity index (χ0) is 15.8. The molecule has 0 bridgehead atoms. The van der Waals surface area contributed by atoms with E-state index in [1.54, 1.807) is 6.92 Å². The number of fused-ring (bicyclic) bond motifs is 1. The van der Waals surface area contributed by atoms with Crippen molar-refractivity contribution in [2.75, 3.05) is 24.6 Å². The minimum Gasteiger partial charge on any atom is -0.423 e. The fourth-order valence-electron chi connectivity index (χ4n) is 3.22. The van der Waals surface area contributed by atoms with Crippen LogP contribution in [0, 0.1) is 18.3 Å². The third kappa shape index (κ3) is 2.55. The molecule has 2 aliphatic rings. The number of morpholine rings is 1. The number of rotatable bonds is 2. The van der Waals surface area contributed by atoms with Gasteiger partial charge in [-0.2, -0.15) is 5.26 Å². The number of nitrogens with zero attached hydrogens (tertiary/aromatic N) is 5. The molecule has 1 unspecified atom stereocenters. The molecule has 0 N–H and O–H groups in total. The maximum absolute atomic E-state index is 9.48. The van der Waals surface area contributed by atoms with Crippen molar-refractivity contribution >= 4 is 5.82 Å². The summed E-state index contributed by atoms with van der Waals surface area (Å²) in [7, 11) is 0. The van der Waals surface area contributed by atoms with Crippen LogP contribution in [0.4, 0.5) is 5.82 Å². The summed E-state index contributed by atoms with van der Waals surface area (Å²) in [5, 5.41) is 17.4. The predicted molar refractivity (Wildman–Crippen MR) is 80.9 cm³/mol. The second-order valence-electron chi connectivity index (χ2n) is 5.90. The summed E-state index contributed by atoms with van der Waals surface area (Å²) in [6.45, 7) is 3.55. The molecular formula is C16H17N5O2. The first kappa shape index (κ1) is 14.2. The van der Waals surface area contributed by atoms with E-state index in [1.807, 2.05) is 6.07 Å². The number of nitriles is 1. The first-order chi connectivity index (χ1) is 11.2. The van der Waals surface area contributed by atoms with Crippen LogP contribution in [0.1, 0.15) is 41.1 Å². The van der Waals surface area contributed by atoms with Crippen LogP contribution in [0.2, 0.25) is 0 Å². The molecule has 1 atom stereocenters. The SMILES string of the molecule is Cc1nnc(C2CN(c3nc4c(cc3C#N)CCC4)CCO2)o1. The van der Waals surface area contributed by atoms with E-state index in [2.05, 4.69) is 21.2 Å². The molecule has 23 heavy (non-hydrogen) atoms. The van der Waals surface area contributed by atoms with Crippen molar-refractivity contribution in [1.82, 2.24) is 15.2 Å². The summed E-state index contributed by atoms with van der Waals surface area (Å²) < 4.78 is 11.2. The molecular weight excluding hydrogens is 294 g/mol. The Bertz CT molecular complexity index is 779. The summed E-state index contributed by atoms with van der Waals surface area (Å²) in [4.78, 5) is 6.85. The first-order valence-corrected chi connectivity index (χ1v) is 7.84. The molecule has 7 heteroatoms. The van der Waals surface area contributed by atoms with Crippen LogP contribution in [0.3, 0.4) is 0 Å². The molecule has 118 valence electrons. The van der Waals surface area contributed by atoms with Gasteiger partial charge in [0.25, 0.3) is 0 Å². The van der Waals surface area contributed by atoms with Crippen molar-refractivity contribution in [3.05, 3.63) is 34.7 Å². The zero-order valence-corrected chi connectivity index (χ0v) is 12.9. The molecule has 2 aromatic heterocycles. The summed E-state index contributed by atoms with van der Waals surface area (Å²) in [6.07, 6.45) is 2.84. The summed E-state index contributed by atoms with van der Waals surface area (Å²) in [6, 6.07) is 4.28. The van der Waals surface area contributed by atoms with Gasteiger partial charge < -0.3 is 14.1 Å². The molecule has 1 aliphatic heterocycles. The van der Waals surface area contributed by atoms with Crippen molar-refractivity contribution in [3.8, 4) is 6.07 Å². The van der Waals surface area contributed by atoms with E-state index in [1.165, 1.54) is 5.56 Å². The molecule has 1 saturated heterocycles. The number of aryl methyl sites for hydroxylation is 3. The molecule has 2 aromatic rings. The molecule has 0 radical (unpaired) electrons. The molecule has 0 aromatic carbocycles. The lowest BCUT2D eigenvalue weighted by Crippen LogP contribution is -2.39. The molecule has 7 nitrogen and oxygen atoms in total. The number of ether oxygens (including phenoxy) is 1. The fourth-order valence-corrected chi connectivity index (χ4v) is 3.22. The lowest BCUT2D eigenvalue weighted by Gasteiger charge is -2.32. The first-order valence-electron chi connectivity index (χ1n) is 7.84. The van der Waals surface area contributed by atoms with Crippen molar-refractivity contribution in [1.29, 1.82) is 5.26 Å². The minimum absolute atomic E-state index is 0.286. The molecule has 0 amide bonds. The number of hydrogen-bond donors (Lipinski definition) is 0. The predicted octanol–water partition coefficient (Wildman–Crippen LogP) is 1.71. The maximum Gasteiger partial charge on any atom is 0.246 e. The van der Waals surface area contributed by atoms with Gasteiger partial charge in [-0.05, 0) is 30.9 Å². The van der Waals surface area contributed by atoms with E-state index in [0.717, 1.165) is 30.8 Å². The van der Waals surface area contributed by atoms with E-state index in [9.17, 15) is 5.26 Å². The molecule has 0 saturated carbocycles. The minimum atomic E-state index is -0.286. The number of hydrogen-bond acceptors (Lipinski definition) is 7. The third-order valence-electron chi connectivity index (χ3n) is 4.33. The Hall–Kier alpha value is -2.46. The highest BCUT2D eigenvalue weighted by Gasteiger charge is 2.29. The Balaban J connectivity index is 1.64. The Morgan fingerprint density at radius 2 is 2.26 bits per heavy atom. The summed E-state index contributed by atoms with van der Waals surface area (Å²) >= 11 is 0. The topological polar surface area (TPSA) is 88.1 Å². The van der Waals surface area contributed by atoms with Gasteiger partial charge in [0.05, 0.1) is 18.7 Å². The fraction of sp³-hybridized carbons (Fsp3) is 0.500. The summed E-state index contributed by atoms with van der Waals surface area (Å²) in [5.41, 5.74) is 2.96. The Morgan fingerprint density at radius 1 is 1.35 bits per heavy atom. The summed E-state index contributed by atoms with van der Waals surface area (Å²) in [5.74, 6) is 1.75. The van der Waals surface area contributed by atoms with Gasteiger partial charge in [-0.15, -0.1) is 10.2 Å². The Morgan fingerprint density at radius 3 is 3.04 bits per heavy atom. The van der Waals surface area contributed by atoms with Crippen LogP contribution in [0.5, 0.6) is 0 Å². The van der Waals surface area contributed by atoms with E-state index in [-0.39, 0.29) is 6.10 Å². The van der Waals surface area contributed by atoms with Crippen LogP contribution in [-0.2, 0) is 17.6 Å². The highest BCUT2D eigenvalue weighted by atomic mass is 16.5. The maximum atomic E-state index is 9.48. The second-order valence-corrected chi connectivity index (χ2v) is 5.90. The van der Waals surface area contributed by atoms with Gasteiger partial charge in [-0.25, -0.2) is 4.98 Å². The molecule has 4 rings (SSSR count). The molecule has 1 aliphatic carbocycles. The van der Waals surface area contributed by atoms with E-state index < -0.39 is 0 Å². The normalized spacial score (nSPS) is 20.3. The van der Waals surface area contributed by atoms with E-state index >= 15 is 0 Å². The van der Waals surface area contributed by atoms with Gasteiger partial charge in [0, 0.05) is 19.2 Å². The van der Waals surface area contributed by atoms with Crippen LogP contribution >= 0.6 is 0 Å². The van der Waals surface area contributed by atoms with Crippen LogP contribution < -0.4 is 4.90 Å². The Kier molecular flexibility index (Phi) is 3.46. The van der Waals surface area contributed by atoms with Crippen molar-refractivity contribution in [2.24, 2.45) is 0 Å². The second kappa shape index (κ2) is 5.63. The highest BCUT2D eigenvalue weighted by molar-refractivity contribution is 5.57. The number of aromatic nitrogens is 3. The average molecular weight is 311 g/mol. The van der Waals surface area contributed by atoms with Crippen LogP contribution in [0.25, 0.3) is 0 Å². The standard InChI is InChI=1S/C16H17N5O2/c1-10-19-20-16(23-10)14-9-21(5-6-22-14)15-12(8-17)7-11-3-2-4-13(11)18-15/h7,14H,2-6,9H2,1H3. The monoisotopic (exact) mass is 311 g/mol. The van der Waals surface area contributed by atoms with Crippen LogP contribution in [-0.4, -0.2) is 34.9 Å². The lowest BCUT2D eigenvalue weighted by atomic mass is 10.1. The third-order valence-corrected chi connectivity index (χ3v) is 4.33.